The summed E-state index contributed by atoms with van der Waals surface area (Å²) in [6, 6.07) is 38.1. The number of hydrogen-bond donors (Lipinski definition) is 0. The van der Waals surface area contributed by atoms with Crippen molar-refractivity contribution in [2.24, 2.45) is 0 Å². The van der Waals surface area contributed by atoms with Crippen molar-refractivity contribution in [3.05, 3.63) is 121 Å². The van der Waals surface area contributed by atoms with E-state index in [4.69, 9.17) is 19.9 Å². The van der Waals surface area contributed by atoms with E-state index in [2.05, 4.69) is 97.1 Å². The summed E-state index contributed by atoms with van der Waals surface area (Å²) in [7, 11) is 0. The molecule has 0 atom stereocenters. The molecule has 5 heteroatoms. The lowest BCUT2D eigenvalue weighted by molar-refractivity contribution is 1.23. The van der Waals surface area contributed by atoms with Crippen LogP contribution in [0.4, 0.5) is 0 Å². The number of aryl methyl sites for hydroxylation is 2. The van der Waals surface area contributed by atoms with Crippen LogP contribution < -0.4 is 0 Å². The minimum absolute atomic E-state index is 0.730. The van der Waals surface area contributed by atoms with Gasteiger partial charge >= 0.3 is 0 Å². The van der Waals surface area contributed by atoms with E-state index in [0.717, 1.165) is 77.2 Å². The van der Waals surface area contributed by atoms with Crippen LogP contribution in [0.25, 0.3) is 75.9 Å². The molecule has 194 valence electrons. The molecule has 4 heterocycles. The lowest BCUT2D eigenvalue weighted by atomic mass is 9.97. The van der Waals surface area contributed by atoms with Gasteiger partial charge in [0.25, 0.3) is 0 Å². The van der Waals surface area contributed by atoms with Crippen molar-refractivity contribution in [1.29, 1.82) is 0 Å². The van der Waals surface area contributed by atoms with E-state index in [1.54, 1.807) is 11.3 Å². The summed E-state index contributed by atoms with van der Waals surface area (Å²) in [5.41, 5.74) is 10.2. The molecule has 0 N–H and O–H groups in total. The molecule has 4 nitrogen and oxygen atoms in total. The van der Waals surface area contributed by atoms with Crippen LogP contribution in [-0.4, -0.2) is 19.9 Å². The quantitative estimate of drug-likeness (QED) is 0.208. The number of benzene rings is 4. The molecule has 4 aromatic carbocycles. The Bertz CT molecular complexity index is 2270. The number of nitrogens with zero attached hydrogens (tertiary/aromatic N) is 4. The standard InChI is InChI=1S/C36H24N4S/c1-21-12-13-25-18-19-27-29(20-22(2)38-33(27)31(25)37-21)23-14-16-26(17-15-23)36-39-32(24-8-4-3-5-9-24)35-34(40-36)28-10-6-7-11-30(28)41-35/h3-20H,1-2H3. The normalized spacial score (nSPS) is 11.7. The molecule has 0 spiro atoms. The monoisotopic (exact) mass is 544 g/mol. The Labute approximate surface area is 241 Å². The first-order valence-corrected chi connectivity index (χ1v) is 14.5. The fraction of sp³-hybridized carbons (Fsp3) is 0.0556. The molecule has 0 aliphatic carbocycles. The Kier molecular flexibility index (Phi) is 5.40. The Balaban J connectivity index is 1.29. The highest BCUT2D eigenvalue weighted by atomic mass is 32.1. The third-order valence-electron chi connectivity index (χ3n) is 7.63. The van der Waals surface area contributed by atoms with Crippen LogP contribution in [0, 0.1) is 13.8 Å². The highest BCUT2D eigenvalue weighted by Gasteiger charge is 2.17. The molecule has 8 rings (SSSR count). The number of fused-ring (bicyclic) bond motifs is 6. The molecular formula is C36H24N4S. The van der Waals surface area contributed by atoms with Gasteiger partial charge in [-0.15, -0.1) is 11.3 Å². The summed E-state index contributed by atoms with van der Waals surface area (Å²) < 4.78 is 2.34. The van der Waals surface area contributed by atoms with Gasteiger partial charge in [-0.3, -0.25) is 9.97 Å². The molecular weight excluding hydrogens is 520 g/mol. The molecule has 0 saturated heterocycles. The van der Waals surface area contributed by atoms with Gasteiger partial charge in [-0.1, -0.05) is 91.0 Å². The SMILES string of the molecule is Cc1ccc2ccc3c(-c4ccc(-c5nc(-c6ccccc6)c6sc7ccccc7c6n5)cc4)cc(C)nc3c2n1. The molecule has 0 aliphatic heterocycles. The summed E-state index contributed by atoms with van der Waals surface area (Å²) in [5.74, 6) is 0.730. The first kappa shape index (κ1) is 23.9. The second-order valence-corrected chi connectivity index (χ2v) is 11.5. The zero-order valence-corrected chi connectivity index (χ0v) is 23.4. The number of aromatic nitrogens is 4. The van der Waals surface area contributed by atoms with Gasteiger partial charge in [-0.25, -0.2) is 9.97 Å². The van der Waals surface area contributed by atoms with Crippen LogP contribution in [0.1, 0.15) is 11.4 Å². The van der Waals surface area contributed by atoms with Crippen molar-refractivity contribution in [2.45, 2.75) is 13.8 Å². The van der Waals surface area contributed by atoms with E-state index in [0.29, 0.717) is 0 Å². The molecule has 0 amide bonds. The first-order valence-electron chi connectivity index (χ1n) is 13.7. The van der Waals surface area contributed by atoms with E-state index in [1.807, 2.05) is 26.0 Å². The average Bonchev–Trinajstić information content (AvgIpc) is 3.39. The van der Waals surface area contributed by atoms with Crippen LogP contribution in [0.3, 0.4) is 0 Å². The molecule has 0 bridgehead atoms. The van der Waals surface area contributed by atoms with Gasteiger partial charge in [-0.2, -0.15) is 0 Å². The van der Waals surface area contributed by atoms with Crippen molar-refractivity contribution < 1.29 is 0 Å². The number of hydrogen-bond acceptors (Lipinski definition) is 5. The van der Waals surface area contributed by atoms with Crippen molar-refractivity contribution in [2.75, 3.05) is 0 Å². The highest BCUT2D eigenvalue weighted by Crippen LogP contribution is 2.39. The maximum Gasteiger partial charge on any atom is 0.160 e. The summed E-state index contributed by atoms with van der Waals surface area (Å²) >= 11 is 1.75. The average molecular weight is 545 g/mol. The van der Waals surface area contributed by atoms with E-state index < -0.39 is 0 Å². The van der Waals surface area contributed by atoms with Crippen molar-refractivity contribution in [3.63, 3.8) is 0 Å². The third-order valence-corrected chi connectivity index (χ3v) is 8.79. The van der Waals surface area contributed by atoms with E-state index in [1.165, 1.54) is 10.1 Å². The van der Waals surface area contributed by atoms with Gasteiger partial charge in [0.1, 0.15) is 0 Å². The van der Waals surface area contributed by atoms with E-state index >= 15 is 0 Å². The van der Waals surface area contributed by atoms with Crippen LogP contribution in [0.2, 0.25) is 0 Å². The summed E-state index contributed by atoms with van der Waals surface area (Å²) in [4.78, 5) is 20.0. The zero-order chi connectivity index (χ0) is 27.5. The molecule has 0 aliphatic rings. The molecule has 0 unspecified atom stereocenters. The smallest absolute Gasteiger partial charge is 0.160 e. The maximum atomic E-state index is 5.13. The third kappa shape index (κ3) is 3.97. The lowest BCUT2D eigenvalue weighted by Gasteiger charge is -2.12. The number of rotatable bonds is 3. The number of thiophene rings is 1. The van der Waals surface area contributed by atoms with E-state index in [-0.39, 0.29) is 0 Å². The number of pyridine rings is 2. The topological polar surface area (TPSA) is 51.6 Å². The van der Waals surface area contributed by atoms with Crippen LogP contribution in [0.15, 0.2) is 109 Å². The largest absolute Gasteiger partial charge is 0.251 e. The Morgan fingerprint density at radius 1 is 0.512 bits per heavy atom. The van der Waals surface area contributed by atoms with Crippen LogP contribution in [0.5, 0.6) is 0 Å². The minimum atomic E-state index is 0.730. The summed E-state index contributed by atoms with van der Waals surface area (Å²) in [6.45, 7) is 4.07. The Hall–Kier alpha value is -5.00. The van der Waals surface area contributed by atoms with Gasteiger partial charge in [0.05, 0.1) is 26.9 Å². The Morgan fingerprint density at radius 3 is 2.10 bits per heavy atom. The molecule has 4 aromatic heterocycles. The molecule has 0 saturated carbocycles. The van der Waals surface area contributed by atoms with Gasteiger partial charge in [-0.05, 0) is 43.2 Å². The predicted octanol–water partition coefficient (Wildman–Crippen LogP) is 9.56. The van der Waals surface area contributed by atoms with Gasteiger partial charge in [0.15, 0.2) is 5.82 Å². The lowest BCUT2D eigenvalue weighted by Crippen LogP contribution is -1.94. The molecule has 41 heavy (non-hydrogen) atoms. The van der Waals surface area contributed by atoms with Crippen LogP contribution >= 0.6 is 11.3 Å². The Morgan fingerprint density at radius 2 is 1.24 bits per heavy atom. The second kappa shape index (κ2) is 9.29. The van der Waals surface area contributed by atoms with Crippen molar-refractivity contribution in [1.82, 2.24) is 19.9 Å². The fourth-order valence-corrected chi connectivity index (χ4v) is 6.80. The van der Waals surface area contributed by atoms with Gasteiger partial charge in [0.2, 0.25) is 0 Å². The predicted molar refractivity (Wildman–Crippen MR) is 171 cm³/mol. The molecule has 0 fully saturated rings. The fourth-order valence-electron chi connectivity index (χ4n) is 5.65. The van der Waals surface area contributed by atoms with Crippen molar-refractivity contribution in [3.8, 4) is 33.8 Å². The first-order chi connectivity index (χ1) is 20.1. The summed E-state index contributed by atoms with van der Waals surface area (Å²) in [6.07, 6.45) is 0. The second-order valence-electron chi connectivity index (χ2n) is 10.4. The summed E-state index contributed by atoms with van der Waals surface area (Å²) in [5, 5.41) is 3.37. The molecule has 8 aromatic rings. The van der Waals surface area contributed by atoms with E-state index in [9.17, 15) is 0 Å². The van der Waals surface area contributed by atoms with Gasteiger partial charge < -0.3 is 0 Å². The minimum Gasteiger partial charge on any atom is -0.251 e. The molecule has 0 radical (unpaired) electrons. The van der Waals surface area contributed by atoms with Crippen LogP contribution in [-0.2, 0) is 0 Å². The van der Waals surface area contributed by atoms with Gasteiger partial charge in [0, 0.05) is 43.4 Å². The zero-order valence-electron chi connectivity index (χ0n) is 22.6. The maximum absolute atomic E-state index is 5.13. The van der Waals surface area contributed by atoms with Crippen molar-refractivity contribution >= 4 is 53.4 Å². The highest BCUT2D eigenvalue weighted by molar-refractivity contribution is 7.26.